The van der Waals surface area contributed by atoms with Crippen LogP contribution in [0.5, 0.6) is 0 Å². The number of amides is 3. The number of nitrogens with zero attached hydrogens (tertiary/aromatic N) is 2. The molecule has 3 amide bonds. The van der Waals surface area contributed by atoms with Crippen LogP contribution >= 0.6 is 0 Å². The fourth-order valence-corrected chi connectivity index (χ4v) is 4.30. The Kier molecular flexibility index (Phi) is 4.30. The second kappa shape index (κ2) is 6.63. The van der Waals surface area contributed by atoms with E-state index in [1.807, 2.05) is 6.07 Å². The number of fused-ring (bicyclic) bond motifs is 1. The normalized spacial score (nSPS) is 21.4. The lowest BCUT2D eigenvalue weighted by molar-refractivity contribution is -0.131. The molecule has 4 rings (SSSR count). The molecule has 26 heavy (non-hydrogen) atoms. The fourth-order valence-electron chi connectivity index (χ4n) is 4.30. The van der Waals surface area contributed by atoms with Gasteiger partial charge < -0.3 is 16.4 Å². The van der Waals surface area contributed by atoms with Crippen molar-refractivity contribution in [3.8, 4) is 0 Å². The summed E-state index contributed by atoms with van der Waals surface area (Å²) in [5.41, 5.74) is 8.99. The number of carbonyl (C=O) groups excluding carboxylic acids is 2. The Morgan fingerprint density at radius 2 is 1.96 bits per heavy atom. The number of benzene rings is 1. The summed E-state index contributed by atoms with van der Waals surface area (Å²) < 4.78 is 0. The summed E-state index contributed by atoms with van der Waals surface area (Å²) in [6.45, 7) is 0.540. The molecule has 2 aliphatic carbocycles. The SMILES string of the molecule is NC(=NCCN1C(=O)NC2(CCCC2)C1=O)Nc1ccc2c(c1)CCC2. The van der Waals surface area contributed by atoms with E-state index in [1.165, 1.54) is 22.4 Å². The standard InChI is InChI=1S/C19H25N5O2/c20-17(22-15-7-6-13-4-3-5-14(13)12-15)21-10-11-24-16(25)19(23-18(24)26)8-1-2-9-19/h6-7,12H,1-5,8-11H2,(H,23,26)(H3,20,21,22). The number of aliphatic imine (C=N–C) groups is 1. The fraction of sp³-hybridized carbons (Fsp3) is 0.526. The Morgan fingerprint density at radius 3 is 2.77 bits per heavy atom. The third-order valence-electron chi connectivity index (χ3n) is 5.68. The van der Waals surface area contributed by atoms with Crippen LogP contribution in [0.4, 0.5) is 10.5 Å². The molecule has 1 aromatic rings. The number of carbonyl (C=O) groups is 2. The first kappa shape index (κ1) is 16.9. The number of nitrogens with one attached hydrogen (secondary N) is 2. The van der Waals surface area contributed by atoms with Crippen molar-refractivity contribution in [1.29, 1.82) is 0 Å². The summed E-state index contributed by atoms with van der Waals surface area (Å²) >= 11 is 0. The summed E-state index contributed by atoms with van der Waals surface area (Å²) in [4.78, 5) is 30.2. The topological polar surface area (TPSA) is 99.8 Å². The van der Waals surface area contributed by atoms with Crippen molar-refractivity contribution in [3.05, 3.63) is 29.3 Å². The van der Waals surface area contributed by atoms with Gasteiger partial charge in [0.15, 0.2) is 5.96 Å². The zero-order valence-electron chi connectivity index (χ0n) is 14.9. The molecule has 0 bridgehead atoms. The lowest BCUT2D eigenvalue weighted by Gasteiger charge is -2.19. The maximum Gasteiger partial charge on any atom is 0.325 e. The first-order valence-corrected chi connectivity index (χ1v) is 9.40. The maximum atomic E-state index is 12.6. The number of hydrogen-bond acceptors (Lipinski definition) is 3. The highest BCUT2D eigenvalue weighted by Gasteiger charge is 2.52. The average Bonchev–Trinajstić information content (AvgIpc) is 3.31. The monoisotopic (exact) mass is 355 g/mol. The van der Waals surface area contributed by atoms with Crippen LogP contribution < -0.4 is 16.4 Å². The minimum Gasteiger partial charge on any atom is -0.370 e. The predicted molar refractivity (Wildman–Crippen MR) is 100 cm³/mol. The lowest BCUT2D eigenvalue weighted by atomic mass is 9.98. The van der Waals surface area contributed by atoms with Gasteiger partial charge in [-0.15, -0.1) is 0 Å². The Bertz CT molecular complexity index is 767. The number of aryl methyl sites for hydroxylation is 2. The minimum absolute atomic E-state index is 0.111. The second-order valence-electron chi connectivity index (χ2n) is 7.41. The molecular weight excluding hydrogens is 330 g/mol. The molecule has 1 spiro atoms. The van der Waals surface area contributed by atoms with Crippen molar-refractivity contribution in [2.75, 3.05) is 18.4 Å². The van der Waals surface area contributed by atoms with Crippen LogP contribution in [0.2, 0.25) is 0 Å². The van der Waals surface area contributed by atoms with E-state index in [0.717, 1.165) is 44.2 Å². The molecular formula is C19H25N5O2. The molecule has 1 heterocycles. The first-order chi connectivity index (χ1) is 12.6. The minimum atomic E-state index is -0.658. The number of urea groups is 1. The molecule has 7 heteroatoms. The lowest BCUT2D eigenvalue weighted by Crippen LogP contribution is -2.44. The smallest absolute Gasteiger partial charge is 0.325 e. The van der Waals surface area contributed by atoms with Crippen molar-refractivity contribution in [1.82, 2.24) is 10.2 Å². The van der Waals surface area contributed by atoms with E-state index in [4.69, 9.17) is 5.73 Å². The van der Waals surface area contributed by atoms with E-state index >= 15 is 0 Å². The van der Waals surface area contributed by atoms with E-state index < -0.39 is 5.54 Å². The summed E-state index contributed by atoms with van der Waals surface area (Å²) in [6, 6.07) is 5.95. The molecule has 0 unspecified atom stereocenters. The molecule has 0 radical (unpaired) electrons. The highest BCUT2D eigenvalue weighted by Crippen LogP contribution is 2.34. The van der Waals surface area contributed by atoms with E-state index in [-0.39, 0.29) is 18.5 Å². The molecule has 0 atom stereocenters. The van der Waals surface area contributed by atoms with Gasteiger partial charge in [0, 0.05) is 5.69 Å². The molecule has 7 nitrogen and oxygen atoms in total. The van der Waals surface area contributed by atoms with E-state index in [1.54, 1.807) is 0 Å². The van der Waals surface area contributed by atoms with Crippen molar-refractivity contribution in [2.24, 2.45) is 10.7 Å². The Hall–Kier alpha value is -2.57. The van der Waals surface area contributed by atoms with Crippen LogP contribution in [-0.2, 0) is 17.6 Å². The predicted octanol–water partition coefficient (Wildman–Crippen LogP) is 1.77. The Labute approximate surface area is 153 Å². The van der Waals surface area contributed by atoms with Gasteiger partial charge in [-0.1, -0.05) is 18.9 Å². The summed E-state index contributed by atoms with van der Waals surface area (Å²) in [5.74, 6) is 0.186. The van der Waals surface area contributed by atoms with Crippen LogP contribution in [0, 0.1) is 0 Å². The molecule has 0 aromatic heterocycles. The Morgan fingerprint density at radius 1 is 1.19 bits per heavy atom. The maximum absolute atomic E-state index is 12.6. The van der Waals surface area contributed by atoms with E-state index in [9.17, 15) is 9.59 Å². The molecule has 1 aliphatic heterocycles. The summed E-state index contributed by atoms with van der Waals surface area (Å²) in [5, 5.41) is 5.96. The van der Waals surface area contributed by atoms with Gasteiger partial charge in [0.25, 0.3) is 5.91 Å². The largest absolute Gasteiger partial charge is 0.370 e. The van der Waals surface area contributed by atoms with E-state index in [2.05, 4.69) is 27.8 Å². The number of anilines is 1. The molecule has 138 valence electrons. The third kappa shape index (κ3) is 3.02. The number of rotatable bonds is 4. The van der Waals surface area contributed by atoms with E-state index in [0.29, 0.717) is 12.5 Å². The third-order valence-corrected chi connectivity index (χ3v) is 5.68. The van der Waals surface area contributed by atoms with Crippen LogP contribution in [-0.4, -0.2) is 41.4 Å². The van der Waals surface area contributed by atoms with Gasteiger partial charge in [-0.25, -0.2) is 4.79 Å². The highest BCUT2D eigenvalue weighted by atomic mass is 16.2. The summed E-state index contributed by atoms with van der Waals surface area (Å²) in [7, 11) is 0. The van der Waals surface area contributed by atoms with Crippen LogP contribution in [0.15, 0.2) is 23.2 Å². The van der Waals surface area contributed by atoms with Crippen molar-refractivity contribution < 1.29 is 9.59 Å². The average molecular weight is 355 g/mol. The molecule has 1 aromatic carbocycles. The van der Waals surface area contributed by atoms with Gasteiger partial charge in [-0.2, -0.15) is 0 Å². The number of imide groups is 1. The van der Waals surface area contributed by atoms with Crippen LogP contribution in [0.25, 0.3) is 0 Å². The number of nitrogens with two attached hydrogens (primary N) is 1. The molecule has 4 N–H and O–H groups in total. The zero-order chi connectivity index (χ0) is 18.1. The van der Waals surface area contributed by atoms with Gasteiger partial charge in [0.1, 0.15) is 5.54 Å². The highest BCUT2D eigenvalue weighted by molar-refractivity contribution is 6.07. The van der Waals surface area contributed by atoms with Crippen molar-refractivity contribution in [2.45, 2.75) is 50.5 Å². The molecule has 2 fully saturated rings. The Balaban J connectivity index is 1.33. The van der Waals surface area contributed by atoms with Gasteiger partial charge in [-0.05, 0) is 55.4 Å². The zero-order valence-corrected chi connectivity index (χ0v) is 14.9. The van der Waals surface area contributed by atoms with Gasteiger partial charge in [-0.3, -0.25) is 14.7 Å². The van der Waals surface area contributed by atoms with Crippen LogP contribution in [0.1, 0.15) is 43.2 Å². The first-order valence-electron chi connectivity index (χ1n) is 9.40. The number of guanidine groups is 1. The van der Waals surface area contributed by atoms with Crippen molar-refractivity contribution in [3.63, 3.8) is 0 Å². The quantitative estimate of drug-likeness (QED) is 0.435. The molecule has 3 aliphatic rings. The molecule has 1 saturated carbocycles. The van der Waals surface area contributed by atoms with Gasteiger partial charge in [0.05, 0.1) is 13.1 Å². The summed E-state index contributed by atoms with van der Waals surface area (Å²) in [6.07, 6.45) is 6.89. The molecule has 1 saturated heterocycles. The van der Waals surface area contributed by atoms with Crippen molar-refractivity contribution >= 4 is 23.6 Å². The second-order valence-corrected chi connectivity index (χ2v) is 7.41. The number of hydrogen-bond donors (Lipinski definition) is 3. The van der Waals surface area contributed by atoms with Crippen LogP contribution in [0.3, 0.4) is 0 Å². The van der Waals surface area contributed by atoms with Gasteiger partial charge in [0.2, 0.25) is 0 Å². The van der Waals surface area contributed by atoms with Gasteiger partial charge >= 0.3 is 6.03 Å².